The maximum absolute atomic E-state index is 12.6. The Labute approximate surface area is 131 Å². The molecule has 1 aromatic carbocycles. The second-order valence-electron chi connectivity index (χ2n) is 5.48. The summed E-state index contributed by atoms with van der Waals surface area (Å²) in [4.78, 5) is 35.5. The van der Waals surface area contributed by atoms with Crippen LogP contribution in [0.15, 0.2) is 18.2 Å². The van der Waals surface area contributed by atoms with E-state index in [0.717, 1.165) is 0 Å². The third-order valence-corrected chi connectivity index (χ3v) is 4.00. The third kappa shape index (κ3) is 3.19. The summed E-state index contributed by atoms with van der Waals surface area (Å²) in [6.45, 7) is 2.26. The van der Waals surface area contributed by atoms with Gasteiger partial charge in [-0.2, -0.15) is 0 Å². The minimum atomic E-state index is -0.968. The van der Waals surface area contributed by atoms with Crippen LogP contribution in [-0.4, -0.2) is 39.9 Å². The molecule has 1 amide bonds. The number of carbonyl (C=O) groups excluding carboxylic acids is 1. The zero-order valence-electron chi connectivity index (χ0n) is 11.9. The first kappa shape index (κ1) is 16.2. The van der Waals surface area contributed by atoms with Crippen molar-refractivity contribution in [1.29, 1.82) is 0 Å². The van der Waals surface area contributed by atoms with Gasteiger partial charge in [0.2, 0.25) is 0 Å². The summed E-state index contributed by atoms with van der Waals surface area (Å²) in [6.07, 6.45) is 0.483. The van der Waals surface area contributed by atoms with E-state index in [2.05, 4.69) is 0 Å². The van der Waals surface area contributed by atoms with E-state index in [0.29, 0.717) is 13.0 Å². The van der Waals surface area contributed by atoms with Gasteiger partial charge in [-0.1, -0.05) is 24.6 Å². The van der Waals surface area contributed by atoms with Gasteiger partial charge < -0.3 is 10.0 Å². The molecule has 1 fully saturated rings. The highest BCUT2D eigenvalue weighted by Gasteiger charge is 2.35. The van der Waals surface area contributed by atoms with Crippen LogP contribution in [-0.2, 0) is 4.79 Å². The third-order valence-electron chi connectivity index (χ3n) is 3.70. The molecule has 22 heavy (non-hydrogen) atoms. The molecular formula is C14H15ClN2O5. The molecule has 0 bridgehead atoms. The number of amides is 1. The highest BCUT2D eigenvalue weighted by Crippen LogP contribution is 2.31. The lowest BCUT2D eigenvalue weighted by Gasteiger charge is -2.34. The molecule has 0 aromatic heterocycles. The Bertz CT molecular complexity index is 634. The van der Waals surface area contributed by atoms with Crippen molar-refractivity contribution in [2.45, 2.75) is 13.3 Å². The summed E-state index contributed by atoms with van der Waals surface area (Å²) >= 11 is 5.81. The van der Waals surface area contributed by atoms with Crippen LogP contribution >= 0.6 is 11.6 Å². The summed E-state index contributed by atoms with van der Waals surface area (Å²) in [5, 5.41) is 20.2. The molecule has 1 heterocycles. The molecule has 1 N–H and O–H groups in total. The van der Waals surface area contributed by atoms with E-state index >= 15 is 0 Å². The molecule has 118 valence electrons. The standard InChI is InChI=1S/C14H15ClN2O5/c1-8-5-9(14(19)20)7-16(6-8)13(18)10-3-2-4-11(15)12(10)17(21)22/h2-4,8-9H,5-7H2,1H3,(H,19,20). The van der Waals surface area contributed by atoms with Crippen molar-refractivity contribution in [1.82, 2.24) is 4.90 Å². The van der Waals surface area contributed by atoms with Crippen LogP contribution in [0.3, 0.4) is 0 Å². The number of halogens is 1. The normalized spacial score (nSPS) is 21.5. The van der Waals surface area contributed by atoms with E-state index in [4.69, 9.17) is 16.7 Å². The van der Waals surface area contributed by atoms with Crippen LogP contribution in [0.1, 0.15) is 23.7 Å². The topological polar surface area (TPSA) is 101 Å². The zero-order valence-corrected chi connectivity index (χ0v) is 12.6. The van der Waals surface area contributed by atoms with Crippen molar-refractivity contribution >= 4 is 29.2 Å². The van der Waals surface area contributed by atoms with E-state index in [9.17, 15) is 19.7 Å². The molecule has 2 atom stereocenters. The van der Waals surface area contributed by atoms with Gasteiger partial charge >= 0.3 is 11.7 Å². The molecule has 0 aliphatic carbocycles. The number of aliphatic carboxylic acids is 1. The Morgan fingerprint density at radius 1 is 1.41 bits per heavy atom. The number of rotatable bonds is 3. The number of hydrogen-bond donors (Lipinski definition) is 1. The maximum atomic E-state index is 12.6. The van der Waals surface area contributed by atoms with E-state index in [1.54, 1.807) is 0 Å². The summed E-state index contributed by atoms with van der Waals surface area (Å²) < 4.78 is 0. The fraction of sp³-hybridized carbons (Fsp3) is 0.429. The first-order chi connectivity index (χ1) is 10.3. The van der Waals surface area contributed by atoms with Gasteiger partial charge in [0.15, 0.2) is 0 Å². The largest absolute Gasteiger partial charge is 0.481 e. The van der Waals surface area contributed by atoms with Gasteiger partial charge in [0.1, 0.15) is 10.6 Å². The van der Waals surface area contributed by atoms with Crippen LogP contribution in [0.25, 0.3) is 0 Å². The van der Waals surface area contributed by atoms with Crippen LogP contribution in [0.2, 0.25) is 5.02 Å². The number of hydrogen-bond acceptors (Lipinski definition) is 4. The number of para-hydroxylation sites is 1. The monoisotopic (exact) mass is 326 g/mol. The molecule has 1 saturated heterocycles. The second kappa shape index (κ2) is 6.31. The highest BCUT2D eigenvalue weighted by atomic mass is 35.5. The number of carbonyl (C=O) groups is 2. The highest BCUT2D eigenvalue weighted by molar-refractivity contribution is 6.33. The average molecular weight is 327 g/mol. The van der Waals surface area contributed by atoms with Crippen molar-refractivity contribution in [2.24, 2.45) is 11.8 Å². The summed E-state index contributed by atoms with van der Waals surface area (Å²) in [6, 6.07) is 4.14. The Morgan fingerprint density at radius 2 is 2.09 bits per heavy atom. The number of benzene rings is 1. The van der Waals surface area contributed by atoms with Gasteiger partial charge in [0, 0.05) is 13.1 Å². The second-order valence-corrected chi connectivity index (χ2v) is 5.89. The first-order valence-electron chi connectivity index (χ1n) is 6.76. The van der Waals surface area contributed by atoms with Gasteiger partial charge in [0.25, 0.3) is 5.91 Å². The molecule has 1 aliphatic rings. The fourth-order valence-electron chi connectivity index (χ4n) is 2.74. The van der Waals surface area contributed by atoms with Crippen LogP contribution in [0.4, 0.5) is 5.69 Å². The smallest absolute Gasteiger partial charge is 0.308 e. The maximum Gasteiger partial charge on any atom is 0.308 e. The minimum Gasteiger partial charge on any atom is -0.481 e. The molecule has 7 nitrogen and oxygen atoms in total. The minimum absolute atomic E-state index is 0.0111. The van der Waals surface area contributed by atoms with Crippen LogP contribution < -0.4 is 0 Å². The van der Waals surface area contributed by atoms with Crippen molar-refractivity contribution < 1.29 is 19.6 Å². The fourth-order valence-corrected chi connectivity index (χ4v) is 2.98. The van der Waals surface area contributed by atoms with E-state index < -0.39 is 28.4 Å². The Morgan fingerprint density at radius 3 is 2.68 bits per heavy atom. The number of carboxylic acid groups (broad SMARTS) is 1. The van der Waals surface area contributed by atoms with Crippen molar-refractivity contribution in [3.05, 3.63) is 38.9 Å². The predicted molar refractivity (Wildman–Crippen MR) is 78.9 cm³/mol. The van der Waals surface area contributed by atoms with Gasteiger partial charge in [-0.25, -0.2) is 0 Å². The Hall–Kier alpha value is -2.15. The molecular weight excluding hydrogens is 312 g/mol. The Kier molecular flexibility index (Phi) is 4.65. The van der Waals surface area contributed by atoms with Gasteiger partial charge in [-0.15, -0.1) is 0 Å². The van der Waals surface area contributed by atoms with Crippen LogP contribution in [0, 0.1) is 22.0 Å². The first-order valence-corrected chi connectivity index (χ1v) is 7.14. The lowest BCUT2D eigenvalue weighted by atomic mass is 9.90. The number of carboxylic acids is 1. The van der Waals surface area contributed by atoms with Crippen molar-refractivity contribution in [3.8, 4) is 0 Å². The molecule has 0 radical (unpaired) electrons. The van der Waals surface area contributed by atoms with E-state index in [1.165, 1.54) is 23.1 Å². The van der Waals surface area contributed by atoms with Gasteiger partial charge in [0.05, 0.1) is 10.8 Å². The lowest BCUT2D eigenvalue weighted by molar-refractivity contribution is -0.385. The number of nitro groups is 1. The molecule has 2 rings (SSSR count). The van der Waals surface area contributed by atoms with E-state index in [1.807, 2.05) is 6.92 Å². The van der Waals surface area contributed by atoms with E-state index in [-0.39, 0.29) is 23.0 Å². The molecule has 2 unspecified atom stereocenters. The van der Waals surface area contributed by atoms with Crippen LogP contribution in [0.5, 0.6) is 0 Å². The summed E-state index contributed by atoms with van der Waals surface area (Å²) in [7, 11) is 0. The number of nitrogens with zero attached hydrogens (tertiary/aromatic N) is 2. The predicted octanol–water partition coefficient (Wildman–Crippen LogP) is 2.43. The summed E-state index contributed by atoms with van der Waals surface area (Å²) in [5.41, 5.74) is -0.560. The molecule has 1 aliphatic heterocycles. The molecule has 1 aromatic rings. The molecule has 8 heteroatoms. The molecule has 0 saturated carbocycles. The van der Waals surface area contributed by atoms with Crippen molar-refractivity contribution in [2.75, 3.05) is 13.1 Å². The van der Waals surface area contributed by atoms with Crippen molar-refractivity contribution in [3.63, 3.8) is 0 Å². The zero-order chi connectivity index (χ0) is 16.4. The summed E-state index contributed by atoms with van der Waals surface area (Å²) in [5.74, 6) is -2.18. The average Bonchev–Trinajstić information content (AvgIpc) is 2.45. The SMILES string of the molecule is CC1CC(C(=O)O)CN(C(=O)c2cccc(Cl)c2[N+](=O)[O-])C1. The number of piperidine rings is 1. The quantitative estimate of drug-likeness (QED) is 0.679. The number of likely N-dealkylation sites (tertiary alicyclic amines) is 1. The lowest BCUT2D eigenvalue weighted by Crippen LogP contribution is -2.45. The number of nitro benzene ring substituents is 1. The Balaban J connectivity index is 2.34. The molecule has 0 spiro atoms. The van der Waals surface area contributed by atoms with Gasteiger partial charge in [-0.05, 0) is 24.5 Å². The van der Waals surface area contributed by atoms with Gasteiger partial charge in [-0.3, -0.25) is 19.7 Å².